The fraction of sp³-hybridized carbons (Fsp3) is 0. The highest BCUT2D eigenvalue weighted by molar-refractivity contribution is 6.31. The topological polar surface area (TPSA) is 23.0 Å². The van der Waals surface area contributed by atoms with Crippen LogP contribution in [-0.4, -0.2) is 9.13 Å². The SMILES string of the molecule is c1ccc(-c2cccc(-n3c4ccccc4c4c3ccc3c5c6oc7ccccc7c6ccc5n(-c5cccc(-c6ccc7c8ccccc8c8ccccc8c7c6)c5)c34)c2)cc1. The molecule has 0 amide bonds. The molecule has 0 fully saturated rings. The van der Waals surface area contributed by atoms with Crippen LogP contribution < -0.4 is 0 Å². The Hall–Kier alpha value is -8.40. The van der Waals surface area contributed by atoms with Crippen LogP contribution in [0.25, 0.3) is 131 Å². The van der Waals surface area contributed by atoms with E-state index < -0.39 is 0 Å². The van der Waals surface area contributed by atoms with E-state index in [2.05, 4.69) is 228 Å². The van der Waals surface area contributed by atoms with Gasteiger partial charge in [-0.15, -0.1) is 0 Å². The molecule has 0 aliphatic carbocycles. The molecule has 0 atom stereocenters. The van der Waals surface area contributed by atoms with E-state index in [4.69, 9.17) is 4.42 Å². The average molecular weight is 801 g/mol. The van der Waals surface area contributed by atoms with Crippen molar-refractivity contribution < 1.29 is 4.42 Å². The van der Waals surface area contributed by atoms with Crippen LogP contribution in [0.1, 0.15) is 0 Å². The second-order valence-electron chi connectivity index (χ2n) is 16.8. The number of rotatable bonds is 4. The number of nitrogens with zero attached hydrogens (tertiary/aromatic N) is 2. The van der Waals surface area contributed by atoms with Gasteiger partial charge in [0.05, 0.1) is 27.5 Å². The minimum atomic E-state index is 0.899. The molecule has 63 heavy (non-hydrogen) atoms. The molecule has 0 unspecified atom stereocenters. The number of hydrogen-bond acceptors (Lipinski definition) is 1. The van der Waals surface area contributed by atoms with Crippen LogP contribution >= 0.6 is 0 Å². The lowest BCUT2D eigenvalue weighted by molar-refractivity contribution is 0.673. The molecule has 3 heteroatoms. The van der Waals surface area contributed by atoms with E-state index in [1.807, 2.05) is 0 Å². The summed E-state index contributed by atoms with van der Waals surface area (Å²) in [6, 6.07) is 79.7. The van der Waals surface area contributed by atoms with Crippen molar-refractivity contribution in [2.45, 2.75) is 0 Å². The van der Waals surface area contributed by atoms with Crippen molar-refractivity contribution in [3.63, 3.8) is 0 Å². The summed E-state index contributed by atoms with van der Waals surface area (Å²) in [5, 5.41) is 14.6. The van der Waals surface area contributed by atoms with E-state index >= 15 is 0 Å². The maximum absolute atomic E-state index is 6.83. The van der Waals surface area contributed by atoms with Crippen LogP contribution in [0.5, 0.6) is 0 Å². The highest BCUT2D eigenvalue weighted by Gasteiger charge is 2.24. The Morgan fingerprint density at radius 1 is 0.270 bits per heavy atom. The summed E-state index contributed by atoms with van der Waals surface area (Å²) < 4.78 is 11.8. The van der Waals surface area contributed by atoms with Crippen molar-refractivity contribution in [1.29, 1.82) is 0 Å². The molecule has 14 aromatic rings. The second-order valence-corrected chi connectivity index (χ2v) is 16.8. The first kappa shape index (κ1) is 34.3. The summed E-state index contributed by atoms with van der Waals surface area (Å²) >= 11 is 0. The first-order valence-electron chi connectivity index (χ1n) is 21.7. The third-order valence-electron chi connectivity index (χ3n) is 13.5. The molecule has 0 aliphatic rings. The first-order chi connectivity index (χ1) is 31.3. The molecule has 0 spiro atoms. The highest BCUT2D eigenvalue weighted by atomic mass is 16.3. The van der Waals surface area contributed by atoms with Crippen LogP contribution in [0.15, 0.2) is 223 Å². The van der Waals surface area contributed by atoms with Gasteiger partial charge in [0.1, 0.15) is 11.2 Å². The fourth-order valence-corrected chi connectivity index (χ4v) is 10.7. The first-order valence-corrected chi connectivity index (χ1v) is 21.7. The van der Waals surface area contributed by atoms with Gasteiger partial charge in [0.15, 0.2) is 0 Å². The molecule has 0 saturated carbocycles. The number of hydrogen-bond donors (Lipinski definition) is 0. The molecule has 3 aromatic heterocycles. The van der Waals surface area contributed by atoms with E-state index in [0.717, 1.165) is 60.6 Å². The molecular weight excluding hydrogens is 765 g/mol. The van der Waals surface area contributed by atoms with Crippen LogP contribution in [-0.2, 0) is 0 Å². The normalized spacial score (nSPS) is 12.1. The molecule has 11 aromatic carbocycles. The van der Waals surface area contributed by atoms with Crippen molar-refractivity contribution >= 4 is 97.9 Å². The van der Waals surface area contributed by atoms with Gasteiger partial charge in [-0.1, -0.05) is 152 Å². The number of benzene rings is 11. The standard InChI is InChI=1S/C60H36N2O/c1-2-14-37(15-3-1)38-16-12-18-41(34-38)61-53-26-10-8-25-50(53)57-54(61)33-31-51-58-55(32-30-49-48-24-9-11-27-56(48)63-60(49)58)62(59(51)57)42-19-13-17-39(35-42)40-28-29-47-45-22-5-4-20-43(45)44-21-6-7-23-46(44)52(47)36-40/h1-36H. The summed E-state index contributed by atoms with van der Waals surface area (Å²) in [7, 11) is 0. The summed E-state index contributed by atoms with van der Waals surface area (Å²) in [5.74, 6) is 0. The third kappa shape index (κ3) is 4.90. The molecule has 0 bridgehead atoms. The van der Waals surface area contributed by atoms with Gasteiger partial charge in [-0.2, -0.15) is 0 Å². The third-order valence-corrected chi connectivity index (χ3v) is 13.5. The van der Waals surface area contributed by atoms with Crippen molar-refractivity contribution in [2.75, 3.05) is 0 Å². The molecule has 292 valence electrons. The van der Waals surface area contributed by atoms with E-state index in [1.54, 1.807) is 0 Å². The molecule has 0 saturated heterocycles. The van der Waals surface area contributed by atoms with Crippen LogP contribution in [0.3, 0.4) is 0 Å². The Morgan fingerprint density at radius 3 is 1.51 bits per heavy atom. The number of aromatic nitrogens is 2. The van der Waals surface area contributed by atoms with Crippen LogP contribution in [0.4, 0.5) is 0 Å². The predicted molar refractivity (Wildman–Crippen MR) is 266 cm³/mol. The Bertz CT molecular complexity index is 4170. The zero-order chi connectivity index (χ0) is 41.2. The monoisotopic (exact) mass is 800 g/mol. The summed E-state index contributed by atoms with van der Waals surface area (Å²) in [6.07, 6.45) is 0. The van der Waals surface area contributed by atoms with Crippen molar-refractivity contribution in [3.8, 4) is 33.6 Å². The van der Waals surface area contributed by atoms with E-state index in [9.17, 15) is 0 Å². The summed E-state index contributed by atoms with van der Waals surface area (Å²) in [6.45, 7) is 0. The smallest absolute Gasteiger partial charge is 0.145 e. The van der Waals surface area contributed by atoms with E-state index in [-0.39, 0.29) is 0 Å². The van der Waals surface area contributed by atoms with E-state index in [1.165, 1.54) is 70.9 Å². The maximum Gasteiger partial charge on any atom is 0.145 e. The fourth-order valence-electron chi connectivity index (χ4n) is 10.7. The molecule has 3 heterocycles. The zero-order valence-electron chi connectivity index (χ0n) is 34.1. The maximum atomic E-state index is 6.83. The Balaban J connectivity index is 1.07. The largest absolute Gasteiger partial charge is 0.455 e. The molecule has 0 aliphatic heterocycles. The van der Waals surface area contributed by atoms with Gasteiger partial charge in [0.25, 0.3) is 0 Å². The van der Waals surface area contributed by atoms with E-state index in [0.29, 0.717) is 0 Å². The number of fused-ring (bicyclic) bond motifs is 17. The minimum absolute atomic E-state index is 0.899. The lowest BCUT2D eigenvalue weighted by Gasteiger charge is -2.14. The lowest BCUT2D eigenvalue weighted by atomic mass is 9.92. The quantitative estimate of drug-likeness (QED) is 0.163. The number of para-hydroxylation sites is 2. The molecule has 3 nitrogen and oxygen atoms in total. The van der Waals surface area contributed by atoms with Crippen molar-refractivity contribution in [2.24, 2.45) is 0 Å². The summed E-state index contributed by atoms with van der Waals surface area (Å²) in [4.78, 5) is 0. The van der Waals surface area contributed by atoms with Gasteiger partial charge < -0.3 is 13.6 Å². The van der Waals surface area contributed by atoms with Crippen molar-refractivity contribution in [1.82, 2.24) is 9.13 Å². The lowest BCUT2D eigenvalue weighted by Crippen LogP contribution is -1.96. The van der Waals surface area contributed by atoms with Crippen LogP contribution in [0, 0.1) is 0 Å². The predicted octanol–water partition coefficient (Wildman–Crippen LogP) is 16.6. The van der Waals surface area contributed by atoms with Gasteiger partial charge in [0, 0.05) is 38.3 Å². The van der Waals surface area contributed by atoms with Gasteiger partial charge in [-0.25, -0.2) is 0 Å². The Kier molecular flexibility index (Phi) is 7.11. The molecular formula is C60H36N2O. The average Bonchev–Trinajstić information content (AvgIpc) is 4.02. The van der Waals surface area contributed by atoms with Crippen molar-refractivity contribution in [3.05, 3.63) is 218 Å². The minimum Gasteiger partial charge on any atom is -0.455 e. The van der Waals surface area contributed by atoms with Gasteiger partial charge in [-0.05, 0) is 121 Å². The zero-order valence-corrected chi connectivity index (χ0v) is 34.1. The van der Waals surface area contributed by atoms with Gasteiger partial charge >= 0.3 is 0 Å². The van der Waals surface area contributed by atoms with Gasteiger partial charge in [0.2, 0.25) is 0 Å². The Morgan fingerprint density at radius 2 is 0.778 bits per heavy atom. The Labute approximate surface area is 361 Å². The summed E-state index contributed by atoms with van der Waals surface area (Å²) in [5.41, 5.74) is 13.4. The van der Waals surface area contributed by atoms with Gasteiger partial charge in [-0.3, -0.25) is 0 Å². The molecule has 0 N–H and O–H groups in total. The number of furan rings is 1. The molecule has 0 radical (unpaired) electrons. The highest BCUT2D eigenvalue weighted by Crippen LogP contribution is 2.46. The van der Waals surface area contributed by atoms with Crippen LogP contribution in [0.2, 0.25) is 0 Å². The second kappa shape index (κ2) is 13.1. The molecule has 14 rings (SSSR count).